The molecule has 0 radical (unpaired) electrons. The van der Waals surface area contributed by atoms with Gasteiger partial charge in [-0.3, -0.25) is 38.9 Å². The second-order valence-corrected chi connectivity index (χ2v) is 22.5. The van der Waals surface area contributed by atoms with E-state index >= 15 is 0 Å². The molecule has 7 atom stereocenters. The first kappa shape index (κ1) is 53.7. The third-order valence-corrected chi connectivity index (χ3v) is 16.0. The minimum atomic E-state index is -1.08. The number of esters is 1. The number of nitrogens with zero attached hydrogens (tertiary/aromatic N) is 7. The number of anilines is 1. The summed E-state index contributed by atoms with van der Waals surface area (Å²) in [4.78, 5) is 83.8. The van der Waals surface area contributed by atoms with Crippen LogP contribution in [0.3, 0.4) is 0 Å². The molecule has 0 aliphatic carbocycles. The van der Waals surface area contributed by atoms with E-state index in [9.17, 15) is 24.0 Å². The SMILES string of the molecule is CCn1c(-c2cccnc2[C@H](C)OC)c2c3cc(ccc31)N1CCO[C@@H](C[C@H](NC(=O)[C@H](C(C)C)N(C)C(=O)[C@H]3CCN(C(=O)C#CC(C)(C)N4CCC4)C3)C(=O)N3CCC[C@H](N3)C(=O)OCC(C)(C)C2)[C@H]1C. The van der Waals surface area contributed by atoms with Crippen molar-refractivity contribution in [3.05, 3.63) is 47.8 Å². The minimum Gasteiger partial charge on any atom is -0.464 e. The summed E-state index contributed by atoms with van der Waals surface area (Å²) >= 11 is 0. The summed E-state index contributed by atoms with van der Waals surface area (Å²) in [7, 11) is 3.32. The Morgan fingerprint density at radius 1 is 1.05 bits per heavy atom. The number of hydrogen-bond donors (Lipinski definition) is 2. The normalized spacial score (nSPS) is 24.8. The quantitative estimate of drug-likeness (QED) is 0.198. The summed E-state index contributed by atoms with van der Waals surface area (Å²) in [6.45, 7) is 22.9. The molecule has 4 amide bonds. The zero-order chi connectivity index (χ0) is 52.5. The van der Waals surface area contributed by atoms with Crippen LogP contribution in [0.1, 0.15) is 112 Å². The molecule has 73 heavy (non-hydrogen) atoms. The second-order valence-electron chi connectivity index (χ2n) is 22.5. The highest BCUT2D eigenvalue weighted by molar-refractivity contribution is 5.96. The molecule has 3 aromatic rings. The van der Waals surface area contributed by atoms with Crippen molar-refractivity contribution in [3.63, 3.8) is 0 Å². The van der Waals surface area contributed by atoms with E-state index in [0.717, 1.165) is 58.6 Å². The number of nitrogens with one attached hydrogen (secondary N) is 2. The van der Waals surface area contributed by atoms with E-state index in [0.29, 0.717) is 58.5 Å². The number of cyclic esters (lactones) is 1. The highest BCUT2D eigenvalue weighted by Gasteiger charge is 2.43. The fourth-order valence-electron chi connectivity index (χ4n) is 11.6. The molecule has 4 saturated heterocycles. The topological polar surface area (TPSA) is 171 Å². The van der Waals surface area contributed by atoms with E-state index in [2.05, 4.69) is 88.9 Å². The number of benzene rings is 1. The fourth-order valence-corrected chi connectivity index (χ4v) is 11.6. The lowest BCUT2D eigenvalue weighted by molar-refractivity contribution is -0.156. The van der Waals surface area contributed by atoms with Crippen molar-refractivity contribution in [3.8, 4) is 23.1 Å². The number of likely N-dealkylation sites (N-methyl/N-ethyl adjacent to an activating group) is 1. The Labute approximate surface area is 431 Å². The van der Waals surface area contributed by atoms with Gasteiger partial charge in [-0.1, -0.05) is 33.6 Å². The molecule has 17 heteroatoms. The first-order valence-corrected chi connectivity index (χ1v) is 26.6. The van der Waals surface area contributed by atoms with Gasteiger partial charge in [0.1, 0.15) is 18.1 Å². The van der Waals surface area contributed by atoms with Gasteiger partial charge >= 0.3 is 5.97 Å². The molecular weight excluding hydrogens is 927 g/mol. The van der Waals surface area contributed by atoms with E-state index < -0.39 is 58.9 Å². The number of carbonyl (C=O) groups excluding carboxylic acids is 5. The van der Waals surface area contributed by atoms with Crippen LogP contribution >= 0.6 is 0 Å². The van der Waals surface area contributed by atoms with Gasteiger partial charge in [-0.2, -0.15) is 0 Å². The summed E-state index contributed by atoms with van der Waals surface area (Å²) < 4.78 is 20.9. The Kier molecular flexibility index (Phi) is 16.3. The maximum Gasteiger partial charge on any atom is 0.324 e. The zero-order valence-electron chi connectivity index (χ0n) is 45.1. The molecule has 396 valence electrons. The monoisotopic (exact) mass is 1010 g/mol. The van der Waals surface area contributed by atoms with E-state index in [1.54, 1.807) is 25.3 Å². The second kappa shape index (κ2) is 22.1. The molecule has 8 rings (SSSR count). The van der Waals surface area contributed by atoms with E-state index in [-0.39, 0.29) is 49.5 Å². The number of ether oxygens (including phenoxy) is 3. The predicted molar refractivity (Wildman–Crippen MR) is 280 cm³/mol. The van der Waals surface area contributed by atoms with Gasteiger partial charge in [-0.25, -0.2) is 5.43 Å². The lowest BCUT2D eigenvalue weighted by Crippen LogP contribution is -2.63. The average Bonchev–Trinajstić information content (AvgIpc) is 3.96. The number of rotatable bonds is 10. The van der Waals surface area contributed by atoms with Gasteiger partial charge in [-0.15, -0.1) is 0 Å². The number of amides is 4. The average molecular weight is 1010 g/mol. The Hall–Kier alpha value is -5.54. The number of hydrogen-bond acceptors (Lipinski definition) is 12. The maximum absolute atomic E-state index is 14.9. The molecule has 0 unspecified atom stereocenters. The number of morpholine rings is 1. The molecule has 4 fully saturated rings. The largest absolute Gasteiger partial charge is 0.464 e. The fraction of sp³-hybridized carbons (Fsp3) is 0.643. The summed E-state index contributed by atoms with van der Waals surface area (Å²) in [6, 6.07) is 7.63. The number of likely N-dealkylation sites (tertiary alicyclic amines) is 2. The molecule has 0 saturated carbocycles. The summed E-state index contributed by atoms with van der Waals surface area (Å²) in [6.07, 6.45) is 4.34. The van der Waals surface area contributed by atoms with Crippen LogP contribution in [0.4, 0.5) is 5.69 Å². The zero-order valence-corrected chi connectivity index (χ0v) is 45.1. The van der Waals surface area contributed by atoms with E-state index in [4.69, 9.17) is 19.2 Å². The number of aromatic nitrogens is 2. The lowest BCUT2D eigenvalue weighted by atomic mass is 9.84. The first-order valence-electron chi connectivity index (χ1n) is 26.6. The van der Waals surface area contributed by atoms with Crippen molar-refractivity contribution in [1.29, 1.82) is 0 Å². The van der Waals surface area contributed by atoms with Gasteiger partial charge in [0.2, 0.25) is 11.8 Å². The highest BCUT2D eigenvalue weighted by atomic mass is 16.5. The lowest BCUT2D eigenvalue weighted by Gasteiger charge is -2.43. The molecule has 17 nitrogen and oxygen atoms in total. The number of pyridine rings is 1. The van der Waals surface area contributed by atoms with Crippen LogP contribution < -0.4 is 15.6 Å². The smallest absolute Gasteiger partial charge is 0.324 e. The minimum absolute atomic E-state index is 0.132. The molecule has 2 aromatic heterocycles. The number of hydrazine groups is 1. The van der Waals surface area contributed by atoms with Gasteiger partial charge in [-0.05, 0) is 114 Å². The summed E-state index contributed by atoms with van der Waals surface area (Å²) in [5.74, 6) is 3.26. The van der Waals surface area contributed by atoms with Crippen molar-refractivity contribution >= 4 is 46.2 Å². The van der Waals surface area contributed by atoms with E-state index in [1.165, 1.54) is 9.91 Å². The van der Waals surface area contributed by atoms with Crippen molar-refractivity contribution < 1.29 is 38.2 Å². The van der Waals surface area contributed by atoms with E-state index in [1.807, 2.05) is 40.7 Å². The number of fused-ring (bicyclic) bond motifs is 6. The molecule has 5 aliphatic rings. The first-order chi connectivity index (χ1) is 34.7. The van der Waals surface area contributed by atoms with Gasteiger partial charge in [0.05, 0.1) is 54.3 Å². The molecule has 6 bridgehead atoms. The molecular formula is C56H79N9O8. The van der Waals surface area contributed by atoms with Crippen molar-refractivity contribution in [2.75, 3.05) is 71.5 Å². The van der Waals surface area contributed by atoms with Crippen LogP contribution in [0.25, 0.3) is 22.2 Å². The van der Waals surface area contributed by atoms with Crippen LogP contribution in [0.5, 0.6) is 0 Å². The Morgan fingerprint density at radius 2 is 1.82 bits per heavy atom. The summed E-state index contributed by atoms with van der Waals surface area (Å²) in [5, 5.41) is 5.64. The Bertz CT molecular complexity index is 2610. The number of carbonyl (C=O) groups is 5. The number of methoxy groups -OCH3 is 1. The van der Waals surface area contributed by atoms with Gasteiger partial charge in [0.25, 0.3) is 11.8 Å². The van der Waals surface area contributed by atoms with Crippen molar-refractivity contribution in [2.45, 2.75) is 149 Å². The highest BCUT2D eigenvalue weighted by Crippen LogP contribution is 2.42. The standard InChI is InChI=1S/C56H79N9O8/c1-12-63-45-19-18-39-30-41(45)42(50(63)40-16-13-23-57-48(40)37(5)71-11)32-55(6,7)34-73-54(70)43-17-14-26-65(59-43)53(69)44(31-46-36(4)64(39)28-29-72-46)58-51(67)49(35(2)3)60(10)52(68)38-21-27-61(33-38)47(66)20-22-56(8,9)62-24-15-25-62/h13,16,18-19,23,30,35-38,43-44,46,49,59H,12,14-15,17,21,24-29,31-34H2,1-11H3,(H,58,67)/t36-,37+,38+,43+,44+,46+,49+/m1/s1. The Balaban J connectivity index is 1.09. The van der Waals surface area contributed by atoms with Crippen LogP contribution in [0.15, 0.2) is 36.5 Å². The predicted octanol–water partition coefficient (Wildman–Crippen LogP) is 5.34. The number of aryl methyl sites for hydroxylation is 1. The molecule has 5 aliphatic heterocycles. The Morgan fingerprint density at radius 3 is 2.52 bits per heavy atom. The van der Waals surface area contributed by atoms with Crippen molar-refractivity contribution in [2.24, 2.45) is 17.3 Å². The van der Waals surface area contributed by atoms with Crippen LogP contribution in [-0.4, -0.2) is 161 Å². The van der Waals surface area contributed by atoms with Crippen LogP contribution in [0.2, 0.25) is 0 Å². The molecule has 1 aromatic carbocycles. The third-order valence-electron chi connectivity index (χ3n) is 16.0. The van der Waals surface area contributed by atoms with Crippen LogP contribution in [-0.2, 0) is 51.1 Å². The van der Waals surface area contributed by atoms with Gasteiger partial charge in [0.15, 0.2) is 0 Å². The third kappa shape index (κ3) is 11.3. The molecule has 0 spiro atoms. The van der Waals surface area contributed by atoms with Gasteiger partial charge < -0.3 is 38.8 Å². The molecule has 7 heterocycles. The van der Waals surface area contributed by atoms with Crippen LogP contribution in [0, 0.1) is 29.1 Å². The summed E-state index contributed by atoms with van der Waals surface area (Å²) in [5.41, 5.74) is 8.34. The molecule has 2 N–H and O–H groups in total. The maximum atomic E-state index is 14.9. The van der Waals surface area contributed by atoms with Gasteiger partial charge in [0, 0.05) is 100 Å². The van der Waals surface area contributed by atoms with Crippen molar-refractivity contribution in [1.82, 2.24) is 40.0 Å².